The van der Waals surface area contributed by atoms with Gasteiger partial charge in [-0.25, -0.2) is 9.07 Å². The quantitative estimate of drug-likeness (QED) is 0.695. The van der Waals surface area contributed by atoms with E-state index in [1.54, 1.807) is 29.3 Å². The molecule has 0 N–H and O–H groups in total. The Hall–Kier alpha value is -2.34. The molecule has 1 aromatic heterocycles. The molecule has 2 unspecified atom stereocenters. The first-order chi connectivity index (χ1) is 14.7. The van der Waals surface area contributed by atoms with E-state index in [0.717, 1.165) is 0 Å². The van der Waals surface area contributed by atoms with Crippen molar-refractivity contribution in [2.24, 2.45) is 0 Å². The molecular formula is C20H26FN5O4S. The Bertz CT molecular complexity index is 1040. The number of hydrogen-bond acceptors (Lipinski definition) is 5. The molecule has 4 rings (SSSR count). The van der Waals surface area contributed by atoms with E-state index < -0.39 is 10.2 Å². The van der Waals surface area contributed by atoms with Gasteiger partial charge in [0.2, 0.25) is 0 Å². The molecule has 31 heavy (non-hydrogen) atoms. The lowest BCUT2D eigenvalue weighted by Gasteiger charge is -2.40. The molecule has 168 valence electrons. The van der Waals surface area contributed by atoms with Gasteiger partial charge in [0.1, 0.15) is 5.82 Å². The number of halogens is 1. The Morgan fingerprint density at radius 1 is 1.06 bits per heavy atom. The van der Waals surface area contributed by atoms with Gasteiger partial charge in [-0.15, -0.1) is 0 Å². The van der Waals surface area contributed by atoms with Crippen LogP contribution < -0.4 is 0 Å². The maximum Gasteiger partial charge on any atom is 0.282 e. The van der Waals surface area contributed by atoms with Crippen molar-refractivity contribution in [3.8, 4) is 5.69 Å². The van der Waals surface area contributed by atoms with Gasteiger partial charge in [-0.1, -0.05) is 6.07 Å². The summed E-state index contributed by atoms with van der Waals surface area (Å²) in [6, 6.07) is 7.51. The summed E-state index contributed by atoms with van der Waals surface area (Å²) in [4.78, 5) is 14.4. The van der Waals surface area contributed by atoms with Crippen LogP contribution in [0.15, 0.2) is 36.5 Å². The van der Waals surface area contributed by atoms with Crippen molar-refractivity contribution < 1.29 is 22.3 Å². The lowest BCUT2D eigenvalue weighted by atomic mass is 10.3. The van der Waals surface area contributed by atoms with Gasteiger partial charge < -0.3 is 9.64 Å². The molecule has 0 saturated carbocycles. The largest absolute Gasteiger partial charge is 0.373 e. The fourth-order valence-corrected chi connectivity index (χ4v) is 5.71. The summed E-state index contributed by atoms with van der Waals surface area (Å²) < 4.78 is 49.4. The summed E-state index contributed by atoms with van der Waals surface area (Å²) in [5, 5.41) is 4.26. The van der Waals surface area contributed by atoms with Crippen molar-refractivity contribution in [1.29, 1.82) is 0 Å². The fourth-order valence-electron chi connectivity index (χ4n) is 3.97. The molecule has 1 aromatic carbocycles. The molecule has 3 heterocycles. The maximum atomic E-state index is 13.4. The number of morpholine rings is 1. The molecule has 2 aliphatic rings. The Kier molecular flexibility index (Phi) is 6.11. The molecule has 0 bridgehead atoms. The van der Waals surface area contributed by atoms with E-state index in [0.29, 0.717) is 18.8 Å². The number of carbonyl (C=O) groups excluding carboxylic acids is 1. The Labute approximate surface area is 181 Å². The molecule has 11 heteroatoms. The standard InChI is InChI=1S/C20H26FN5O4S/c1-15-13-25(14-16(2)30-15)31(28,29)24-10-8-23(9-11-24)20(27)19-6-7-26(22-19)18-5-3-4-17(21)12-18/h3-7,12,15-16H,8-11,13-14H2,1-2H3. The van der Waals surface area contributed by atoms with Crippen LogP contribution in [0.1, 0.15) is 24.3 Å². The highest BCUT2D eigenvalue weighted by Gasteiger charge is 2.37. The fraction of sp³-hybridized carbons (Fsp3) is 0.500. The first-order valence-electron chi connectivity index (χ1n) is 10.3. The van der Waals surface area contributed by atoms with E-state index in [1.165, 1.54) is 25.4 Å². The summed E-state index contributed by atoms with van der Waals surface area (Å²) in [5.41, 5.74) is 0.750. The molecule has 2 saturated heterocycles. The van der Waals surface area contributed by atoms with Crippen LogP contribution in [0.25, 0.3) is 5.69 Å². The van der Waals surface area contributed by atoms with Crippen molar-refractivity contribution in [2.75, 3.05) is 39.3 Å². The maximum absolute atomic E-state index is 13.4. The van der Waals surface area contributed by atoms with E-state index in [2.05, 4.69) is 5.10 Å². The molecule has 2 aliphatic heterocycles. The molecule has 0 spiro atoms. The van der Waals surface area contributed by atoms with Crippen LogP contribution in [-0.4, -0.2) is 89.1 Å². The summed E-state index contributed by atoms with van der Waals surface area (Å²) in [7, 11) is -3.61. The van der Waals surface area contributed by atoms with Gasteiger partial charge in [0, 0.05) is 45.5 Å². The highest BCUT2D eigenvalue weighted by molar-refractivity contribution is 7.86. The second-order valence-electron chi connectivity index (χ2n) is 7.90. The van der Waals surface area contributed by atoms with Crippen LogP contribution in [0, 0.1) is 5.82 Å². The van der Waals surface area contributed by atoms with Crippen LogP contribution in [0.3, 0.4) is 0 Å². The predicted octanol–water partition coefficient (Wildman–Crippen LogP) is 1.12. The van der Waals surface area contributed by atoms with Crippen molar-refractivity contribution in [3.05, 3.63) is 48.0 Å². The second-order valence-corrected chi connectivity index (χ2v) is 9.83. The molecule has 0 radical (unpaired) electrons. The third kappa shape index (κ3) is 4.64. The average molecular weight is 452 g/mol. The van der Waals surface area contributed by atoms with Crippen LogP contribution >= 0.6 is 0 Å². The summed E-state index contributed by atoms with van der Waals surface area (Å²) >= 11 is 0. The number of carbonyl (C=O) groups is 1. The van der Waals surface area contributed by atoms with E-state index in [1.807, 2.05) is 13.8 Å². The average Bonchev–Trinajstić information content (AvgIpc) is 3.23. The van der Waals surface area contributed by atoms with Crippen LogP contribution in [0.5, 0.6) is 0 Å². The van der Waals surface area contributed by atoms with E-state index in [-0.39, 0.29) is 55.8 Å². The van der Waals surface area contributed by atoms with Gasteiger partial charge in [0.25, 0.3) is 16.1 Å². The molecule has 1 amide bonds. The Morgan fingerprint density at radius 2 is 1.74 bits per heavy atom. The summed E-state index contributed by atoms with van der Waals surface area (Å²) in [6.07, 6.45) is 1.29. The molecular weight excluding hydrogens is 425 g/mol. The number of ether oxygens (including phenoxy) is 1. The summed E-state index contributed by atoms with van der Waals surface area (Å²) in [6.45, 7) is 5.36. The van der Waals surface area contributed by atoms with Gasteiger partial charge in [-0.2, -0.15) is 22.1 Å². The zero-order chi connectivity index (χ0) is 22.2. The van der Waals surface area contributed by atoms with E-state index >= 15 is 0 Å². The van der Waals surface area contributed by atoms with E-state index in [4.69, 9.17) is 4.74 Å². The molecule has 2 fully saturated rings. The van der Waals surface area contributed by atoms with Gasteiger partial charge in [-0.3, -0.25) is 4.79 Å². The smallest absolute Gasteiger partial charge is 0.282 e. The molecule has 0 aliphatic carbocycles. The van der Waals surface area contributed by atoms with Gasteiger partial charge in [0.05, 0.1) is 17.9 Å². The third-order valence-corrected chi connectivity index (χ3v) is 7.41. The van der Waals surface area contributed by atoms with Crippen molar-refractivity contribution >= 4 is 16.1 Å². The normalized spacial score (nSPS) is 23.8. The lowest BCUT2D eigenvalue weighted by Crippen LogP contribution is -2.57. The van der Waals surface area contributed by atoms with E-state index in [9.17, 15) is 17.6 Å². The van der Waals surface area contributed by atoms with Crippen molar-refractivity contribution in [3.63, 3.8) is 0 Å². The third-order valence-electron chi connectivity index (χ3n) is 5.45. The van der Waals surface area contributed by atoms with Gasteiger partial charge >= 0.3 is 0 Å². The number of amides is 1. The Morgan fingerprint density at radius 3 is 2.39 bits per heavy atom. The number of hydrogen-bond donors (Lipinski definition) is 0. The van der Waals surface area contributed by atoms with Crippen LogP contribution in [-0.2, 0) is 14.9 Å². The molecule has 2 aromatic rings. The zero-order valence-electron chi connectivity index (χ0n) is 17.5. The second kappa shape index (κ2) is 8.65. The number of nitrogens with zero attached hydrogens (tertiary/aromatic N) is 5. The van der Waals surface area contributed by atoms with Crippen molar-refractivity contribution in [1.82, 2.24) is 23.3 Å². The molecule has 2 atom stereocenters. The van der Waals surface area contributed by atoms with Crippen LogP contribution in [0.4, 0.5) is 4.39 Å². The number of benzene rings is 1. The number of rotatable bonds is 4. The van der Waals surface area contributed by atoms with Gasteiger partial charge in [-0.05, 0) is 38.1 Å². The minimum atomic E-state index is -3.61. The number of aromatic nitrogens is 2. The lowest BCUT2D eigenvalue weighted by molar-refractivity contribution is -0.0457. The topological polar surface area (TPSA) is 88.0 Å². The minimum Gasteiger partial charge on any atom is -0.373 e. The first-order valence-corrected chi connectivity index (χ1v) is 11.7. The Balaban J connectivity index is 1.39. The zero-order valence-corrected chi connectivity index (χ0v) is 18.3. The van der Waals surface area contributed by atoms with Crippen molar-refractivity contribution in [2.45, 2.75) is 26.1 Å². The first kappa shape index (κ1) is 21.9. The van der Waals surface area contributed by atoms with Gasteiger partial charge in [0.15, 0.2) is 5.69 Å². The molecule has 9 nitrogen and oxygen atoms in total. The highest BCUT2D eigenvalue weighted by atomic mass is 32.2. The monoisotopic (exact) mass is 451 g/mol. The summed E-state index contributed by atoms with van der Waals surface area (Å²) in [5.74, 6) is -0.664. The SMILES string of the molecule is CC1CN(S(=O)(=O)N2CCN(C(=O)c3ccn(-c4cccc(F)c4)n3)CC2)CC(C)O1. The number of piperazine rings is 1. The minimum absolute atomic E-state index is 0.158. The van der Waals surface area contributed by atoms with Crippen LogP contribution in [0.2, 0.25) is 0 Å². The predicted molar refractivity (Wildman–Crippen MR) is 112 cm³/mol. The highest BCUT2D eigenvalue weighted by Crippen LogP contribution is 2.19.